The van der Waals surface area contributed by atoms with E-state index in [1.54, 1.807) is 6.20 Å². The van der Waals surface area contributed by atoms with Crippen molar-refractivity contribution >= 4 is 0 Å². The van der Waals surface area contributed by atoms with Gasteiger partial charge in [-0.15, -0.1) is 0 Å². The fourth-order valence-electron chi connectivity index (χ4n) is 1.83. The molecule has 0 unspecified atom stereocenters. The van der Waals surface area contributed by atoms with Gasteiger partial charge >= 0.3 is 0 Å². The zero-order valence-electron chi connectivity index (χ0n) is 11.1. The summed E-state index contributed by atoms with van der Waals surface area (Å²) >= 11 is 0. The molecule has 0 bridgehead atoms. The molecule has 0 radical (unpaired) electrons. The number of aryl methyl sites for hydroxylation is 2. The van der Waals surface area contributed by atoms with Crippen LogP contribution in [0.3, 0.4) is 0 Å². The first-order chi connectivity index (χ1) is 8.58. The average Bonchev–Trinajstić information content (AvgIpc) is 2.73. The number of nitrogens with zero attached hydrogens (tertiary/aromatic N) is 2. The molecule has 96 valence electrons. The molecule has 2 aromatic rings. The Morgan fingerprint density at radius 3 is 2.83 bits per heavy atom. The molecule has 1 heterocycles. The van der Waals surface area contributed by atoms with Crippen LogP contribution in [-0.4, -0.2) is 9.55 Å². The lowest BCUT2D eigenvalue weighted by atomic mass is 10.1. The second kappa shape index (κ2) is 5.23. The zero-order valence-corrected chi connectivity index (χ0v) is 11.1. The van der Waals surface area contributed by atoms with Crippen molar-refractivity contribution in [3.8, 4) is 5.75 Å². The first-order valence-electron chi connectivity index (χ1n) is 6.03. The van der Waals surface area contributed by atoms with Gasteiger partial charge in [-0.05, 0) is 19.9 Å². The third kappa shape index (κ3) is 2.71. The standard InChI is InChI=1S/C14H19N3O/c1-10-4-5-13(12(8-10)11(2)15)18-9-14-16-6-7-17(14)3/h4-8,11H,9,15H2,1-3H3/t11-/m1/s1. The summed E-state index contributed by atoms with van der Waals surface area (Å²) in [4.78, 5) is 4.23. The van der Waals surface area contributed by atoms with Crippen LogP contribution >= 0.6 is 0 Å². The van der Waals surface area contributed by atoms with Crippen LogP contribution in [0.2, 0.25) is 0 Å². The Bertz CT molecular complexity index is 532. The summed E-state index contributed by atoms with van der Waals surface area (Å²) < 4.78 is 7.76. The van der Waals surface area contributed by atoms with E-state index < -0.39 is 0 Å². The fraction of sp³-hybridized carbons (Fsp3) is 0.357. The van der Waals surface area contributed by atoms with Gasteiger partial charge in [-0.1, -0.05) is 17.7 Å². The summed E-state index contributed by atoms with van der Waals surface area (Å²) in [6.45, 7) is 4.46. The Morgan fingerprint density at radius 2 is 2.22 bits per heavy atom. The zero-order chi connectivity index (χ0) is 13.1. The summed E-state index contributed by atoms with van der Waals surface area (Å²) in [5, 5.41) is 0. The van der Waals surface area contributed by atoms with Gasteiger partial charge in [0.25, 0.3) is 0 Å². The Labute approximate surface area is 107 Å². The van der Waals surface area contributed by atoms with Crippen LogP contribution < -0.4 is 10.5 Å². The van der Waals surface area contributed by atoms with Crippen molar-refractivity contribution in [1.29, 1.82) is 0 Å². The van der Waals surface area contributed by atoms with Crippen LogP contribution in [0.4, 0.5) is 0 Å². The summed E-state index contributed by atoms with van der Waals surface area (Å²) in [6, 6.07) is 6.02. The lowest BCUT2D eigenvalue weighted by molar-refractivity contribution is 0.287. The maximum Gasteiger partial charge on any atom is 0.146 e. The average molecular weight is 245 g/mol. The molecule has 4 heteroatoms. The van der Waals surface area contributed by atoms with Crippen molar-refractivity contribution < 1.29 is 4.74 Å². The lowest BCUT2D eigenvalue weighted by Gasteiger charge is -2.14. The minimum absolute atomic E-state index is 0.0405. The number of nitrogens with two attached hydrogens (primary N) is 1. The molecule has 18 heavy (non-hydrogen) atoms. The smallest absolute Gasteiger partial charge is 0.146 e. The minimum Gasteiger partial charge on any atom is -0.485 e. The second-order valence-electron chi connectivity index (χ2n) is 4.57. The Kier molecular flexibility index (Phi) is 3.67. The van der Waals surface area contributed by atoms with Gasteiger partial charge in [0, 0.05) is 31.0 Å². The van der Waals surface area contributed by atoms with Gasteiger partial charge in [-0.25, -0.2) is 4.98 Å². The summed E-state index contributed by atoms with van der Waals surface area (Å²) in [7, 11) is 1.95. The van der Waals surface area contributed by atoms with Crippen molar-refractivity contribution in [3.05, 3.63) is 47.5 Å². The van der Waals surface area contributed by atoms with Gasteiger partial charge in [0.05, 0.1) is 0 Å². The molecule has 0 saturated heterocycles. The Balaban J connectivity index is 2.16. The Hall–Kier alpha value is -1.81. The monoisotopic (exact) mass is 245 g/mol. The van der Waals surface area contributed by atoms with Gasteiger partial charge in [-0.2, -0.15) is 0 Å². The summed E-state index contributed by atoms with van der Waals surface area (Å²) in [6.07, 6.45) is 3.67. The van der Waals surface area contributed by atoms with E-state index in [1.165, 1.54) is 5.56 Å². The molecule has 0 fully saturated rings. The molecule has 1 aromatic heterocycles. The maximum atomic E-state index is 5.96. The first kappa shape index (κ1) is 12.6. The van der Waals surface area contributed by atoms with Gasteiger partial charge in [-0.3, -0.25) is 0 Å². The normalized spacial score (nSPS) is 12.4. The van der Waals surface area contributed by atoms with E-state index in [9.17, 15) is 0 Å². The van der Waals surface area contributed by atoms with E-state index in [-0.39, 0.29) is 6.04 Å². The van der Waals surface area contributed by atoms with Crippen LogP contribution in [-0.2, 0) is 13.7 Å². The predicted octanol–water partition coefficient (Wildman–Crippen LogP) is 2.33. The number of hydrogen-bond donors (Lipinski definition) is 1. The van der Waals surface area contributed by atoms with E-state index >= 15 is 0 Å². The molecule has 0 aliphatic rings. The third-order valence-electron chi connectivity index (χ3n) is 2.93. The second-order valence-corrected chi connectivity index (χ2v) is 4.57. The molecule has 0 amide bonds. The van der Waals surface area contributed by atoms with E-state index in [1.807, 2.05) is 36.9 Å². The van der Waals surface area contributed by atoms with Crippen LogP contribution in [0.15, 0.2) is 30.6 Å². The molecular weight excluding hydrogens is 226 g/mol. The summed E-state index contributed by atoms with van der Waals surface area (Å²) in [5.74, 6) is 1.73. The summed E-state index contributed by atoms with van der Waals surface area (Å²) in [5.41, 5.74) is 8.18. The SMILES string of the molecule is Cc1ccc(OCc2nccn2C)c([C@@H](C)N)c1. The van der Waals surface area contributed by atoms with E-state index in [0.29, 0.717) is 6.61 Å². The molecule has 0 aliphatic heterocycles. The van der Waals surface area contributed by atoms with E-state index in [4.69, 9.17) is 10.5 Å². The van der Waals surface area contributed by atoms with E-state index in [2.05, 4.69) is 18.0 Å². The first-order valence-corrected chi connectivity index (χ1v) is 6.03. The Morgan fingerprint density at radius 1 is 1.44 bits per heavy atom. The van der Waals surface area contributed by atoms with Crippen LogP contribution in [0.1, 0.15) is 29.9 Å². The highest BCUT2D eigenvalue weighted by atomic mass is 16.5. The van der Waals surface area contributed by atoms with Crippen molar-refractivity contribution in [2.75, 3.05) is 0 Å². The maximum absolute atomic E-state index is 5.96. The third-order valence-corrected chi connectivity index (χ3v) is 2.93. The van der Waals surface area contributed by atoms with Gasteiger partial charge in [0.2, 0.25) is 0 Å². The van der Waals surface area contributed by atoms with E-state index in [0.717, 1.165) is 17.1 Å². The number of hydrogen-bond acceptors (Lipinski definition) is 3. The molecule has 2 N–H and O–H groups in total. The number of ether oxygens (including phenoxy) is 1. The largest absolute Gasteiger partial charge is 0.485 e. The van der Waals surface area contributed by atoms with Crippen LogP contribution in [0.25, 0.3) is 0 Å². The highest BCUT2D eigenvalue weighted by Crippen LogP contribution is 2.25. The van der Waals surface area contributed by atoms with Gasteiger partial charge < -0.3 is 15.0 Å². The molecule has 1 aromatic carbocycles. The highest BCUT2D eigenvalue weighted by molar-refractivity contribution is 5.38. The van der Waals surface area contributed by atoms with Crippen molar-refractivity contribution in [2.24, 2.45) is 12.8 Å². The van der Waals surface area contributed by atoms with Crippen LogP contribution in [0.5, 0.6) is 5.75 Å². The number of benzene rings is 1. The highest BCUT2D eigenvalue weighted by Gasteiger charge is 2.09. The molecular formula is C14H19N3O. The quantitative estimate of drug-likeness (QED) is 0.899. The van der Waals surface area contributed by atoms with Crippen molar-refractivity contribution in [2.45, 2.75) is 26.5 Å². The molecule has 0 saturated carbocycles. The predicted molar refractivity (Wildman–Crippen MR) is 71.3 cm³/mol. The number of imidazole rings is 1. The van der Waals surface area contributed by atoms with Crippen LogP contribution in [0, 0.1) is 6.92 Å². The molecule has 4 nitrogen and oxygen atoms in total. The molecule has 2 rings (SSSR count). The fourth-order valence-corrected chi connectivity index (χ4v) is 1.83. The van der Waals surface area contributed by atoms with Gasteiger partial charge in [0.1, 0.15) is 18.2 Å². The topological polar surface area (TPSA) is 53.1 Å². The van der Waals surface area contributed by atoms with Gasteiger partial charge in [0.15, 0.2) is 0 Å². The molecule has 1 atom stereocenters. The lowest BCUT2D eigenvalue weighted by Crippen LogP contribution is -2.09. The molecule has 0 spiro atoms. The van der Waals surface area contributed by atoms with Crippen molar-refractivity contribution in [3.63, 3.8) is 0 Å². The van der Waals surface area contributed by atoms with Crippen molar-refractivity contribution in [1.82, 2.24) is 9.55 Å². The number of rotatable bonds is 4. The molecule has 0 aliphatic carbocycles. The minimum atomic E-state index is -0.0405. The number of aromatic nitrogens is 2.